The molecular weight excluding hydrogens is 458 g/mol. The average Bonchev–Trinajstić information content (AvgIpc) is 2.89. The second-order valence-corrected chi connectivity index (χ2v) is 10.3. The van der Waals surface area contributed by atoms with Gasteiger partial charge >= 0.3 is 0 Å². The molecule has 0 saturated carbocycles. The summed E-state index contributed by atoms with van der Waals surface area (Å²) in [7, 11) is 0. The number of phenols is 3. The molecule has 0 unspecified atom stereocenters. The van der Waals surface area contributed by atoms with Crippen molar-refractivity contribution < 1.29 is 15.3 Å². The molecule has 0 aliphatic rings. The summed E-state index contributed by atoms with van der Waals surface area (Å²) in [5.41, 5.74) is 6.57. The molecule has 4 nitrogen and oxygen atoms in total. The number of benzene rings is 3. The zero-order chi connectivity index (χ0) is 26.6. The Bertz CT molecular complexity index is 983. The summed E-state index contributed by atoms with van der Waals surface area (Å²) >= 11 is 0. The molecule has 3 aromatic rings. The highest BCUT2D eigenvalue weighted by atomic mass is 16.3. The van der Waals surface area contributed by atoms with E-state index in [2.05, 4.69) is 43.9 Å². The molecule has 0 amide bonds. The minimum atomic E-state index is 0.377. The van der Waals surface area contributed by atoms with E-state index >= 15 is 0 Å². The van der Waals surface area contributed by atoms with E-state index < -0.39 is 0 Å². The van der Waals surface area contributed by atoms with E-state index in [0.717, 1.165) is 94.1 Å². The lowest BCUT2D eigenvalue weighted by molar-refractivity contribution is 0.247. The van der Waals surface area contributed by atoms with E-state index in [1.54, 1.807) is 0 Å². The number of phenolic OH excluding ortho intramolecular Hbond substituents is 3. The Labute approximate surface area is 223 Å². The average molecular weight is 504 g/mol. The lowest BCUT2D eigenvalue weighted by Gasteiger charge is -2.24. The first-order valence-corrected chi connectivity index (χ1v) is 14.1. The summed E-state index contributed by atoms with van der Waals surface area (Å²) in [5.74, 6) is 1.13. The Balaban J connectivity index is 1.87. The van der Waals surface area contributed by atoms with E-state index in [-0.39, 0.29) is 0 Å². The number of hydrogen-bond acceptors (Lipinski definition) is 4. The van der Waals surface area contributed by atoms with E-state index in [1.807, 2.05) is 36.4 Å². The van der Waals surface area contributed by atoms with Gasteiger partial charge in [0, 0.05) is 19.6 Å². The maximum absolute atomic E-state index is 10.4. The van der Waals surface area contributed by atoms with Crippen LogP contribution in [0.1, 0.15) is 92.7 Å². The standard InChI is InChI=1S/C33H45NO3/c1-4-7-10-28-19-25(13-16-31(28)35)22-34(23-26-14-17-32(36)29(20-26)11-8-5-2)24-27-15-18-33(37)30(21-27)12-9-6-3/h13-21,35-37H,4-12,22-24H2,1-3H3. The van der Waals surface area contributed by atoms with Crippen molar-refractivity contribution in [2.45, 2.75) is 98.2 Å². The molecule has 0 saturated heterocycles. The summed E-state index contributed by atoms with van der Waals surface area (Å²) in [6.07, 6.45) is 9.11. The molecule has 0 aliphatic carbocycles. The van der Waals surface area contributed by atoms with Gasteiger partial charge in [-0.1, -0.05) is 76.4 Å². The number of aryl methyl sites for hydroxylation is 3. The third kappa shape index (κ3) is 8.82. The van der Waals surface area contributed by atoms with Crippen molar-refractivity contribution in [1.82, 2.24) is 4.90 Å². The molecular formula is C33H45NO3. The van der Waals surface area contributed by atoms with Crippen molar-refractivity contribution in [3.8, 4) is 17.2 Å². The molecule has 0 radical (unpaired) electrons. The fraction of sp³-hybridized carbons (Fsp3) is 0.455. The molecule has 3 aromatic carbocycles. The second kappa shape index (κ2) is 14.7. The van der Waals surface area contributed by atoms with E-state index in [0.29, 0.717) is 17.2 Å². The van der Waals surface area contributed by atoms with Gasteiger partial charge in [0.05, 0.1) is 0 Å². The Morgan fingerprint density at radius 2 is 0.784 bits per heavy atom. The third-order valence-electron chi connectivity index (χ3n) is 7.05. The Hall–Kier alpha value is -2.98. The predicted octanol–water partition coefficient (Wildman–Crippen LogP) is 8.03. The van der Waals surface area contributed by atoms with Crippen LogP contribution in [-0.4, -0.2) is 20.2 Å². The van der Waals surface area contributed by atoms with E-state index in [1.165, 1.54) is 16.7 Å². The van der Waals surface area contributed by atoms with E-state index in [4.69, 9.17) is 0 Å². The molecule has 3 N–H and O–H groups in total. The SMILES string of the molecule is CCCCc1cc(CN(Cc2ccc(O)c(CCCC)c2)Cc2ccc(O)c(CCCC)c2)ccc1O. The monoisotopic (exact) mass is 503 g/mol. The van der Waals surface area contributed by atoms with Crippen LogP contribution < -0.4 is 0 Å². The van der Waals surface area contributed by atoms with Crippen LogP contribution in [0.2, 0.25) is 0 Å². The first-order chi connectivity index (χ1) is 17.9. The van der Waals surface area contributed by atoms with Crippen molar-refractivity contribution in [2.24, 2.45) is 0 Å². The van der Waals surface area contributed by atoms with Gasteiger partial charge in [-0.15, -0.1) is 0 Å². The van der Waals surface area contributed by atoms with Crippen LogP contribution in [0.15, 0.2) is 54.6 Å². The lowest BCUT2D eigenvalue weighted by Crippen LogP contribution is -2.22. The quantitative estimate of drug-likeness (QED) is 0.196. The predicted molar refractivity (Wildman–Crippen MR) is 153 cm³/mol. The normalized spacial score (nSPS) is 11.4. The second-order valence-electron chi connectivity index (χ2n) is 10.3. The maximum Gasteiger partial charge on any atom is 0.118 e. The number of rotatable bonds is 15. The van der Waals surface area contributed by atoms with Gasteiger partial charge in [-0.3, -0.25) is 4.90 Å². The van der Waals surface area contributed by atoms with Gasteiger partial charge in [0.25, 0.3) is 0 Å². The summed E-state index contributed by atoms with van der Waals surface area (Å²) in [5, 5.41) is 31.1. The fourth-order valence-corrected chi connectivity index (χ4v) is 4.86. The van der Waals surface area contributed by atoms with Crippen LogP contribution in [-0.2, 0) is 38.9 Å². The van der Waals surface area contributed by atoms with Gasteiger partial charge in [0.15, 0.2) is 0 Å². The Morgan fingerprint density at radius 1 is 0.486 bits per heavy atom. The van der Waals surface area contributed by atoms with Crippen LogP contribution in [0.5, 0.6) is 17.2 Å². The van der Waals surface area contributed by atoms with E-state index in [9.17, 15) is 15.3 Å². The van der Waals surface area contributed by atoms with Gasteiger partial charge in [0.1, 0.15) is 17.2 Å². The number of hydrogen-bond donors (Lipinski definition) is 3. The van der Waals surface area contributed by atoms with Gasteiger partial charge in [-0.25, -0.2) is 0 Å². The minimum absolute atomic E-state index is 0.377. The van der Waals surface area contributed by atoms with Gasteiger partial charge in [-0.05, 0) is 90.1 Å². The summed E-state index contributed by atoms with van der Waals surface area (Å²) in [4.78, 5) is 2.40. The first kappa shape index (κ1) is 28.6. The summed E-state index contributed by atoms with van der Waals surface area (Å²) < 4.78 is 0. The van der Waals surface area contributed by atoms with Gasteiger partial charge in [-0.2, -0.15) is 0 Å². The molecule has 0 fully saturated rings. The van der Waals surface area contributed by atoms with Crippen molar-refractivity contribution in [1.29, 1.82) is 0 Å². The Kier molecular flexibility index (Phi) is 11.3. The number of aromatic hydroxyl groups is 3. The highest BCUT2D eigenvalue weighted by Gasteiger charge is 2.13. The Morgan fingerprint density at radius 3 is 1.05 bits per heavy atom. The highest BCUT2D eigenvalue weighted by molar-refractivity contribution is 5.39. The van der Waals surface area contributed by atoms with Crippen molar-refractivity contribution in [3.05, 3.63) is 88.0 Å². The van der Waals surface area contributed by atoms with Crippen LogP contribution in [0.3, 0.4) is 0 Å². The molecule has 0 aliphatic heterocycles. The fourth-order valence-electron chi connectivity index (χ4n) is 4.86. The van der Waals surface area contributed by atoms with Gasteiger partial charge in [0.2, 0.25) is 0 Å². The maximum atomic E-state index is 10.4. The highest BCUT2D eigenvalue weighted by Crippen LogP contribution is 2.26. The van der Waals surface area contributed by atoms with Crippen molar-refractivity contribution in [2.75, 3.05) is 0 Å². The minimum Gasteiger partial charge on any atom is -0.508 e. The van der Waals surface area contributed by atoms with Crippen LogP contribution in [0, 0.1) is 0 Å². The smallest absolute Gasteiger partial charge is 0.118 e. The zero-order valence-corrected chi connectivity index (χ0v) is 23.0. The summed E-state index contributed by atoms with van der Waals surface area (Å²) in [6.45, 7) is 8.74. The van der Waals surface area contributed by atoms with Crippen LogP contribution >= 0.6 is 0 Å². The molecule has 37 heavy (non-hydrogen) atoms. The molecule has 0 bridgehead atoms. The molecule has 4 heteroatoms. The number of unbranched alkanes of at least 4 members (excludes halogenated alkanes) is 3. The van der Waals surface area contributed by atoms with Crippen LogP contribution in [0.25, 0.3) is 0 Å². The third-order valence-corrected chi connectivity index (χ3v) is 7.05. The molecule has 3 rings (SSSR count). The molecule has 0 heterocycles. The molecule has 0 atom stereocenters. The van der Waals surface area contributed by atoms with Crippen molar-refractivity contribution >= 4 is 0 Å². The van der Waals surface area contributed by atoms with Crippen molar-refractivity contribution in [3.63, 3.8) is 0 Å². The largest absolute Gasteiger partial charge is 0.508 e. The van der Waals surface area contributed by atoms with Gasteiger partial charge < -0.3 is 15.3 Å². The zero-order valence-electron chi connectivity index (χ0n) is 23.0. The van der Waals surface area contributed by atoms with Crippen LogP contribution in [0.4, 0.5) is 0 Å². The molecule has 0 aromatic heterocycles. The molecule has 200 valence electrons. The first-order valence-electron chi connectivity index (χ1n) is 14.1. The number of nitrogens with zero attached hydrogens (tertiary/aromatic N) is 1. The topological polar surface area (TPSA) is 63.9 Å². The molecule has 0 spiro atoms. The lowest BCUT2D eigenvalue weighted by atomic mass is 10.0. The summed E-state index contributed by atoms with van der Waals surface area (Å²) in [6, 6.07) is 18.0.